The fourth-order valence-corrected chi connectivity index (χ4v) is 2.49. The molecule has 158 valence electrons. The maximum atomic E-state index is 5.74. The molecule has 0 aromatic heterocycles. The van der Waals surface area contributed by atoms with Crippen molar-refractivity contribution in [2.45, 2.75) is 25.0 Å². The van der Waals surface area contributed by atoms with Gasteiger partial charge in [0, 0.05) is 6.61 Å². The summed E-state index contributed by atoms with van der Waals surface area (Å²) in [7, 11) is 0. The van der Waals surface area contributed by atoms with Gasteiger partial charge in [0.05, 0.1) is 78.8 Å². The monoisotopic (exact) mass is 388 g/mol. The van der Waals surface area contributed by atoms with Gasteiger partial charge in [-0.25, -0.2) is 0 Å². The highest BCUT2D eigenvalue weighted by Gasteiger charge is 2.26. The maximum absolute atomic E-state index is 5.74. The summed E-state index contributed by atoms with van der Waals surface area (Å²) in [5.74, 6) is 0. The second-order valence-corrected chi connectivity index (χ2v) is 5.99. The minimum atomic E-state index is -0.01000. The summed E-state index contributed by atoms with van der Waals surface area (Å²) in [6, 6.07) is 0. The first-order chi connectivity index (χ1) is 13.4. The third-order valence-corrected chi connectivity index (χ3v) is 3.81. The van der Waals surface area contributed by atoms with Crippen LogP contribution in [0.2, 0.25) is 0 Å². The van der Waals surface area contributed by atoms with E-state index in [0.29, 0.717) is 72.7 Å². The summed E-state index contributed by atoms with van der Waals surface area (Å²) < 4.78 is 38.6. The van der Waals surface area contributed by atoms with Crippen LogP contribution in [0.25, 0.3) is 0 Å². The van der Waals surface area contributed by atoms with E-state index in [1.54, 1.807) is 12.2 Å². The zero-order chi connectivity index (χ0) is 19.4. The van der Waals surface area contributed by atoms with Gasteiger partial charge in [0.15, 0.2) is 0 Å². The van der Waals surface area contributed by atoms with Gasteiger partial charge in [-0.1, -0.05) is 12.2 Å². The summed E-state index contributed by atoms with van der Waals surface area (Å²) in [4.78, 5) is 0. The van der Waals surface area contributed by atoms with Gasteiger partial charge in [-0.15, -0.1) is 13.2 Å². The Morgan fingerprint density at radius 3 is 1.89 bits per heavy atom. The molecule has 0 spiro atoms. The minimum absolute atomic E-state index is 0.01000. The summed E-state index contributed by atoms with van der Waals surface area (Å²) in [5, 5.41) is 0. The normalized spacial score (nSPS) is 19.9. The molecule has 1 aliphatic heterocycles. The van der Waals surface area contributed by atoms with E-state index >= 15 is 0 Å². The van der Waals surface area contributed by atoms with E-state index in [4.69, 9.17) is 33.2 Å². The lowest BCUT2D eigenvalue weighted by molar-refractivity contribution is -0.129. The predicted molar refractivity (Wildman–Crippen MR) is 103 cm³/mol. The van der Waals surface area contributed by atoms with Crippen molar-refractivity contribution in [2.24, 2.45) is 0 Å². The van der Waals surface area contributed by atoms with Crippen LogP contribution in [0, 0.1) is 0 Å². The van der Waals surface area contributed by atoms with Gasteiger partial charge in [-0.05, 0) is 12.8 Å². The summed E-state index contributed by atoms with van der Waals surface area (Å²) in [6.45, 7) is 14.0. The third kappa shape index (κ3) is 13.9. The molecule has 0 aliphatic carbocycles. The Kier molecular flexibility index (Phi) is 16.7. The first kappa shape index (κ1) is 24.2. The van der Waals surface area contributed by atoms with Crippen LogP contribution in [0.1, 0.15) is 12.8 Å². The number of rotatable bonds is 19. The molecule has 1 rings (SSSR count). The summed E-state index contributed by atoms with van der Waals surface area (Å²) in [5.41, 5.74) is 0. The lowest BCUT2D eigenvalue weighted by Crippen LogP contribution is -2.39. The molecule has 2 atom stereocenters. The fourth-order valence-electron chi connectivity index (χ4n) is 2.49. The van der Waals surface area contributed by atoms with Crippen LogP contribution >= 0.6 is 0 Å². The van der Waals surface area contributed by atoms with E-state index in [1.165, 1.54) is 0 Å². The molecule has 0 aromatic rings. The molecule has 1 saturated heterocycles. The molecule has 0 amide bonds. The number of hydrogen-bond acceptors (Lipinski definition) is 7. The standard InChI is InChI=1S/C20H36O7/c1-3-7-21-10-11-22-12-13-23-14-15-24-16-17-25-18-20-19(26-8-4-2)6-5-9-27-20/h3-4,19-20H,1-2,5-18H2/t19-,20+/m0/s1. The lowest BCUT2D eigenvalue weighted by Gasteiger charge is -2.31. The largest absolute Gasteiger partial charge is 0.377 e. The van der Waals surface area contributed by atoms with Crippen molar-refractivity contribution >= 4 is 0 Å². The van der Waals surface area contributed by atoms with Gasteiger partial charge in [0.2, 0.25) is 0 Å². The Morgan fingerprint density at radius 1 is 0.741 bits per heavy atom. The van der Waals surface area contributed by atoms with Crippen LogP contribution in [0.3, 0.4) is 0 Å². The van der Waals surface area contributed by atoms with Crippen LogP contribution < -0.4 is 0 Å². The highest BCUT2D eigenvalue weighted by Crippen LogP contribution is 2.17. The molecular weight excluding hydrogens is 352 g/mol. The van der Waals surface area contributed by atoms with Crippen molar-refractivity contribution in [1.82, 2.24) is 0 Å². The molecule has 0 aromatic carbocycles. The van der Waals surface area contributed by atoms with Gasteiger partial charge in [-0.3, -0.25) is 0 Å². The fraction of sp³-hybridized carbons (Fsp3) is 0.800. The van der Waals surface area contributed by atoms with Crippen LogP contribution in [0.15, 0.2) is 25.3 Å². The summed E-state index contributed by atoms with van der Waals surface area (Å²) in [6.07, 6.45) is 5.57. The third-order valence-electron chi connectivity index (χ3n) is 3.81. The quantitative estimate of drug-likeness (QED) is 0.248. The van der Waals surface area contributed by atoms with Crippen LogP contribution in [-0.2, 0) is 33.2 Å². The van der Waals surface area contributed by atoms with Gasteiger partial charge < -0.3 is 33.2 Å². The second kappa shape index (κ2) is 18.6. The Bertz CT molecular complexity index is 351. The minimum Gasteiger partial charge on any atom is -0.377 e. The molecule has 0 N–H and O–H groups in total. The molecule has 0 radical (unpaired) electrons. The van der Waals surface area contributed by atoms with Crippen molar-refractivity contribution in [3.63, 3.8) is 0 Å². The molecular formula is C20H36O7. The summed E-state index contributed by atoms with van der Waals surface area (Å²) >= 11 is 0. The zero-order valence-electron chi connectivity index (χ0n) is 16.5. The van der Waals surface area contributed by atoms with Crippen molar-refractivity contribution in [3.05, 3.63) is 25.3 Å². The van der Waals surface area contributed by atoms with Gasteiger partial charge in [-0.2, -0.15) is 0 Å². The molecule has 0 bridgehead atoms. The number of hydrogen-bond donors (Lipinski definition) is 0. The van der Waals surface area contributed by atoms with Crippen LogP contribution in [0.5, 0.6) is 0 Å². The highest BCUT2D eigenvalue weighted by atomic mass is 16.6. The van der Waals surface area contributed by atoms with Gasteiger partial charge >= 0.3 is 0 Å². The Labute approximate surface area is 163 Å². The second-order valence-electron chi connectivity index (χ2n) is 5.99. The van der Waals surface area contributed by atoms with Gasteiger partial charge in [0.1, 0.15) is 6.10 Å². The first-order valence-electron chi connectivity index (χ1n) is 9.72. The Hall–Kier alpha value is -0.800. The molecule has 1 fully saturated rings. The molecule has 0 saturated carbocycles. The topological polar surface area (TPSA) is 64.6 Å². The van der Waals surface area contributed by atoms with E-state index in [2.05, 4.69) is 13.2 Å². The van der Waals surface area contributed by atoms with E-state index < -0.39 is 0 Å². The molecule has 27 heavy (non-hydrogen) atoms. The lowest BCUT2D eigenvalue weighted by atomic mass is 10.1. The van der Waals surface area contributed by atoms with E-state index in [9.17, 15) is 0 Å². The van der Waals surface area contributed by atoms with Crippen LogP contribution in [0.4, 0.5) is 0 Å². The average Bonchev–Trinajstić information content (AvgIpc) is 2.70. The van der Waals surface area contributed by atoms with E-state index in [1.807, 2.05) is 0 Å². The molecule has 1 aliphatic rings. The van der Waals surface area contributed by atoms with Crippen molar-refractivity contribution < 1.29 is 33.2 Å². The SMILES string of the molecule is C=CCOCCOCCOCCOCCOC[C@H]1OCCC[C@@H]1OCC=C. The van der Waals surface area contributed by atoms with Crippen LogP contribution in [-0.4, -0.2) is 91.5 Å². The average molecular weight is 389 g/mol. The predicted octanol–water partition coefficient (Wildman–Crippen LogP) is 2.01. The van der Waals surface area contributed by atoms with Crippen molar-refractivity contribution in [2.75, 3.05) is 79.3 Å². The molecule has 7 heteroatoms. The van der Waals surface area contributed by atoms with E-state index in [0.717, 1.165) is 19.4 Å². The van der Waals surface area contributed by atoms with E-state index in [-0.39, 0.29) is 12.2 Å². The highest BCUT2D eigenvalue weighted by molar-refractivity contribution is 4.77. The number of ether oxygens (including phenoxy) is 7. The Morgan fingerprint density at radius 2 is 1.30 bits per heavy atom. The molecule has 7 nitrogen and oxygen atoms in total. The van der Waals surface area contributed by atoms with Crippen molar-refractivity contribution in [1.29, 1.82) is 0 Å². The molecule has 0 unspecified atom stereocenters. The van der Waals surface area contributed by atoms with Gasteiger partial charge in [0.25, 0.3) is 0 Å². The maximum Gasteiger partial charge on any atom is 0.107 e. The smallest absolute Gasteiger partial charge is 0.107 e. The zero-order valence-corrected chi connectivity index (χ0v) is 16.5. The van der Waals surface area contributed by atoms with Crippen molar-refractivity contribution in [3.8, 4) is 0 Å². The Balaban J connectivity index is 1.83. The molecule has 1 heterocycles. The first-order valence-corrected chi connectivity index (χ1v) is 9.72.